The number of benzene rings is 2. The Bertz CT molecular complexity index is 759. The van der Waals surface area contributed by atoms with Gasteiger partial charge in [-0.15, -0.1) is 0 Å². The molecule has 1 amide bonds. The number of hydrogen-bond donors (Lipinski definition) is 1. The van der Waals surface area contributed by atoms with Gasteiger partial charge in [-0.2, -0.15) is 0 Å². The van der Waals surface area contributed by atoms with Gasteiger partial charge in [0.15, 0.2) is 0 Å². The summed E-state index contributed by atoms with van der Waals surface area (Å²) in [5.74, 6) is 0.933. The number of fused-ring (bicyclic) bond motifs is 2. The summed E-state index contributed by atoms with van der Waals surface area (Å²) in [5, 5.41) is 3.09. The predicted octanol–water partition coefficient (Wildman–Crippen LogP) is 2.41. The van der Waals surface area contributed by atoms with Gasteiger partial charge >= 0.3 is 0 Å². The van der Waals surface area contributed by atoms with Crippen LogP contribution in [-0.4, -0.2) is 37.0 Å². The van der Waals surface area contributed by atoms with Gasteiger partial charge < -0.3 is 10.1 Å². The largest absolute Gasteiger partial charge is 0.492 e. The van der Waals surface area contributed by atoms with Crippen LogP contribution in [0.25, 0.3) is 0 Å². The average molecular weight is 336 g/mol. The highest BCUT2D eigenvalue weighted by Gasteiger charge is 2.25. The first-order valence-corrected chi connectivity index (χ1v) is 9.07. The second-order valence-corrected chi connectivity index (χ2v) is 6.91. The molecule has 0 fully saturated rings. The van der Waals surface area contributed by atoms with Gasteiger partial charge in [-0.1, -0.05) is 42.5 Å². The Kier molecular flexibility index (Phi) is 4.70. The molecule has 4 heteroatoms. The lowest BCUT2D eigenvalue weighted by molar-refractivity contribution is -0.126. The second-order valence-electron chi connectivity index (χ2n) is 6.91. The van der Waals surface area contributed by atoms with Crippen LogP contribution in [0.5, 0.6) is 5.75 Å². The normalized spacial score (nSPS) is 19.4. The number of carbonyl (C=O) groups excluding carboxylic acids is 1. The maximum absolute atomic E-state index is 12.4. The summed E-state index contributed by atoms with van der Waals surface area (Å²) in [6, 6.07) is 16.6. The van der Waals surface area contributed by atoms with Crippen molar-refractivity contribution in [3.8, 4) is 5.75 Å². The second kappa shape index (κ2) is 7.28. The molecule has 2 aromatic carbocycles. The van der Waals surface area contributed by atoms with Crippen molar-refractivity contribution >= 4 is 5.91 Å². The molecule has 4 rings (SSSR count). The summed E-state index contributed by atoms with van der Waals surface area (Å²) in [7, 11) is 0. The highest BCUT2D eigenvalue weighted by Crippen LogP contribution is 2.26. The Hall–Kier alpha value is -2.33. The molecule has 25 heavy (non-hydrogen) atoms. The zero-order valence-electron chi connectivity index (χ0n) is 14.4. The van der Waals surface area contributed by atoms with Crippen molar-refractivity contribution in [2.24, 2.45) is 5.92 Å². The number of para-hydroxylation sites is 1. The molecule has 0 saturated carbocycles. The average Bonchev–Trinajstić information content (AvgIpc) is 2.67. The standard InChI is InChI=1S/C21H24N2O2/c24-21(19-13-17-6-3-4-8-20(17)25-15-19)22-10-12-23-11-9-16-5-1-2-7-18(16)14-23/h1-8,19H,9-15H2,(H,22,24). The van der Waals surface area contributed by atoms with Gasteiger partial charge in [-0.25, -0.2) is 0 Å². The highest BCUT2D eigenvalue weighted by molar-refractivity contribution is 5.79. The van der Waals surface area contributed by atoms with E-state index in [4.69, 9.17) is 4.74 Å². The van der Waals surface area contributed by atoms with Crippen molar-refractivity contribution in [2.75, 3.05) is 26.2 Å². The topological polar surface area (TPSA) is 41.6 Å². The summed E-state index contributed by atoms with van der Waals surface area (Å²) in [5.41, 5.74) is 4.00. The fourth-order valence-corrected chi connectivity index (χ4v) is 3.72. The van der Waals surface area contributed by atoms with E-state index in [9.17, 15) is 4.79 Å². The number of amides is 1. The maximum Gasteiger partial charge on any atom is 0.226 e. The van der Waals surface area contributed by atoms with Crippen LogP contribution in [-0.2, 0) is 24.2 Å². The van der Waals surface area contributed by atoms with Crippen LogP contribution >= 0.6 is 0 Å². The van der Waals surface area contributed by atoms with E-state index in [1.54, 1.807) is 0 Å². The molecule has 0 aliphatic carbocycles. The molecule has 1 N–H and O–H groups in total. The van der Waals surface area contributed by atoms with Crippen LogP contribution in [0.15, 0.2) is 48.5 Å². The first-order chi connectivity index (χ1) is 12.3. The molecule has 4 nitrogen and oxygen atoms in total. The van der Waals surface area contributed by atoms with E-state index >= 15 is 0 Å². The summed E-state index contributed by atoms with van der Waals surface area (Å²) >= 11 is 0. The summed E-state index contributed by atoms with van der Waals surface area (Å²) in [6.45, 7) is 4.10. The molecule has 0 spiro atoms. The van der Waals surface area contributed by atoms with Gasteiger partial charge in [0.25, 0.3) is 0 Å². The molecule has 0 aromatic heterocycles. The molecule has 130 valence electrons. The maximum atomic E-state index is 12.4. The molecule has 2 aliphatic heterocycles. The van der Waals surface area contributed by atoms with Crippen LogP contribution in [0, 0.1) is 5.92 Å². The first kappa shape index (κ1) is 16.2. The minimum atomic E-state index is -0.0861. The van der Waals surface area contributed by atoms with Crippen LogP contribution in [0.2, 0.25) is 0 Å². The van der Waals surface area contributed by atoms with E-state index in [-0.39, 0.29) is 11.8 Å². The zero-order chi connectivity index (χ0) is 17.1. The number of nitrogens with one attached hydrogen (secondary N) is 1. The third kappa shape index (κ3) is 3.69. The fourth-order valence-electron chi connectivity index (χ4n) is 3.72. The van der Waals surface area contributed by atoms with Crippen molar-refractivity contribution in [3.63, 3.8) is 0 Å². The van der Waals surface area contributed by atoms with Crippen LogP contribution in [0.3, 0.4) is 0 Å². The van der Waals surface area contributed by atoms with Crippen molar-refractivity contribution in [3.05, 3.63) is 65.2 Å². The molecule has 2 aromatic rings. The van der Waals surface area contributed by atoms with Gasteiger partial charge in [0.2, 0.25) is 5.91 Å². The minimum absolute atomic E-state index is 0.0861. The van der Waals surface area contributed by atoms with Crippen molar-refractivity contribution in [1.82, 2.24) is 10.2 Å². The Morgan fingerprint density at radius 1 is 1.08 bits per heavy atom. The quantitative estimate of drug-likeness (QED) is 0.932. The number of carbonyl (C=O) groups is 1. The Labute approximate surface area is 148 Å². The summed E-state index contributed by atoms with van der Waals surface area (Å²) < 4.78 is 5.72. The summed E-state index contributed by atoms with van der Waals surface area (Å²) in [6.07, 6.45) is 1.86. The zero-order valence-corrected chi connectivity index (χ0v) is 14.4. The highest BCUT2D eigenvalue weighted by atomic mass is 16.5. The van der Waals surface area contributed by atoms with Crippen molar-refractivity contribution in [1.29, 1.82) is 0 Å². The predicted molar refractivity (Wildman–Crippen MR) is 97.6 cm³/mol. The first-order valence-electron chi connectivity index (χ1n) is 9.07. The molecular formula is C21H24N2O2. The van der Waals surface area contributed by atoms with E-state index in [0.717, 1.165) is 43.8 Å². The molecular weight excluding hydrogens is 312 g/mol. The third-order valence-corrected chi connectivity index (χ3v) is 5.19. The molecule has 0 bridgehead atoms. The van der Waals surface area contributed by atoms with E-state index < -0.39 is 0 Å². The lowest BCUT2D eigenvalue weighted by Gasteiger charge is -2.29. The lowest BCUT2D eigenvalue weighted by Crippen LogP contribution is -2.42. The number of nitrogens with zero attached hydrogens (tertiary/aromatic N) is 1. The van der Waals surface area contributed by atoms with Gasteiger partial charge in [0, 0.05) is 26.2 Å². The van der Waals surface area contributed by atoms with Crippen LogP contribution in [0.4, 0.5) is 0 Å². The molecule has 0 saturated heterocycles. The monoisotopic (exact) mass is 336 g/mol. The van der Waals surface area contributed by atoms with Crippen LogP contribution in [0.1, 0.15) is 16.7 Å². The van der Waals surface area contributed by atoms with Crippen molar-refractivity contribution < 1.29 is 9.53 Å². The van der Waals surface area contributed by atoms with E-state index in [2.05, 4.69) is 34.5 Å². The number of hydrogen-bond acceptors (Lipinski definition) is 3. The van der Waals surface area contributed by atoms with Gasteiger partial charge in [0.1, 0.15) is 12.4 Å². The Morgan fingerprint density at radius 2 is 1.84 bits per heavy atom. The third-order valence-electron chi connectivity index (χ3n) is 5.19. The van der Waals surface area contributed by atoms with Gasteiger partial charge in [0.05, 0.1) is 5.92 Å². The van der Waals surface area contributed by atoms with Crippen LogP contribution < -0.4 is 10.1 Å². The molecule has 2 heterocycles. The van der Waals surface area contributed by atoms with Gasteiger partial charge in [-0.05, 0) is 35.6 Å². The molecule has 1 atom stereocenters. The summed E-state index contributed by atoms with van der Waals surface area (Å²) in [4.78, 5) is 14.9. The van der Waals surface area contributed by atoms with Crippen molar-refractivity contribution in [2.45, 2.75) is 19.4 Å². The molecule has 0 radical (unpaired) electrons. The SMILES string of the molecule is O=C(NCCN1CCc2ccccc2C1)C1COc2ccccc2C1. The lowest BCUT2D eigenvalue weighted by atomic mass is 9.96. The Morgan fingerprint density at radius 3 is 2.72 bits per heavy atom. The molecule has 2 aliphatic rings. The van der Waals surface area contributed by atoms with Gasteiger partial charge in [-0.3, -0.25) is 9.69 Å². The number of ether oxygens (including phenoxy) is 1. The Balaban J connectivity index is 1.25. The molecule has 1 unspecified atom stereocenters. The van der Waals surface area contributed by atoms with E-state index in [1.165, 1.54) is 11.1 Å². The smallest absolute Gasteiger partial charge is 0.226 e. The number of rotatable bonds is 4. The van der Waals surface area contributed by atoms with E-state index in [1.807, 2.05) is 24.3 Å². The minimum Gasteiger partial charge on any atom is -0.492 e. The fraction of sp³-hybridized carbons (Fsp3) is 0.381. The van der Waals surface area contributed by atoms with E-state index in [0.29, 0.717) is 13.2 Å².